The van der Waals surface area contributed by atoms with Crippen molar-refractivity contribution in [1.29, 1.82) is 0 Å². The topological polar surface area (TPSA) is 49.4 Å². The lowest BCUT2D eigenvalue weighted by atomic mass is 10.2. The molecule has 5 aliphatic rings. The van der Waals surface area contributed by atoms with Crippen molar-refractivity contribution in [2.45, 2.75) is 0 Å². The maximum atomic E-state index is 9.00. The fourth-order valence-corrected chi connectivity index (χ4v) is 2.83. The Kier molecular flexibility index (Phi) is 4.23. The Bertz CT molecular complexity index is 854. The molecule has 0 aromatic heterocycles. The van der Waals surface area contributed by atoms with E-state index in [1.807, 2.05) is 72.9 Å². The highest BCUT2D eigenvalue weighted by Gasteiger charge is 2.11. The van der Waals surface area contributed by atoms with Crippen LogP contribution in [0.2, 0.25) is 0 Å². The first-order valence-electron chi connectivity index (χ1n) is 7.96. The summed E-state index contributed by atoms with van der Waals surface area (Å²) in [5, 5.41) is 0. The molecule has 0 aliphatic carbocycles. The third kappa shape index (κ3) is 3.35. The molecule has 6 heteroatoms. The maximum absolute atomic E-state index is 9.00. The summed E-state index contributed by atoms with van der Waals surface area (Å²) >= 11 is 0. The lowest BCUT2D eigenvalue weighted by Crippen LogP contribution is -1.89. The van der Waals surface area contributed by atoms with Gasteiger partial charge in [0.25, 0.3) is 0 Å². The van der Waals surface area contributed by atoms with Crippen molar-refractivity contribution in [3.05, 3.63) is 95.7 Å². The lowest BCUT2D eigenvalue weighted by Gasteiger charge is -1.94. The molecule has 0 aromatic rings. The van der Waals surface area contributed by atoms with Gasteiger partial charge in [-0.05, 0) is 72.9 Å². The van der Waals surface area contributed by atoms with E-state index in [-0.39, 0.29) is 0 Å². The summed E-state index contributed by atoms with van der Waals surface area (Å²) < 4.78 is 9.00. The summed E-state index contributed by atoms with van der Waals surface area (Å²) in [4.78, 5) is 18.4. The number of halogens is 1. The maximum Gasteiger partial charge on any atom is 0.350 e. The van der Waals surface area contributed by atoms with Crippen LogP contribution in [0.4, 0.5) is 4.32 Å². The molecule has 0 amide bonds. The van der Waals surface area contributed by atoms with Gasteiger partial charge in [-0.15, -0.1) is 0 Å². The standard InChI is InChI=1S/C20H12N4.BF/c1-2-14-10-16-5-6-18(23-16)12-20-8-7-19(24-20)11-17-4-3-15(22-17)9-13(1)21-14;1-2/h1-12H;. The van der Waals surface area contributed by atoms with Crippen LogP contribution in [-0.2, 0) is 0 Å². The minimum absolute atomic E-state index is 0.894. The fourth-order valence-electron chi connectivity index (χ4n) is 2.83. The van der Waals surface area contributed by atoms with Crippen LogP contribution in [0.15, 0.2) is 116 Å². The third-order valence-electron chi connectivity index (χ3n) is 3.92. The van der Waals surface area contributed by atoms with E-state index in [1.165, 1.54) is 0 Å². The molecule has 8 bridgehead atoms. The van der Waals surface area contributed by atoms with Crippen LogP contribution < -0.4 is 0 Å². The van der Waals surface area contributed by atoms with Crippen LogP contribution in [0.3, 0.4) is 0 Å². The highest BCUT2D eigenvalue weighted by atomic mass is 19.1. The zero-order chi connectivity index (χ0) is 17.9. The number of allylic oxidation sites excluding steroid dienone is 12. The van der Waals surface area contributed by atoms with Crippen LogP contribution in [-0.4, -0.2) is 31.0 Å². The van der Waals surface area contributed by atoms with Gasteiger partial charge in [0, 0.05) is 0 Å². The average Bonchev–Trinajstić information content (AvgIpc) is 3.42. The predicted molar refractivity (Wildman–Crippen MR) is 105 cm³/mol. The van der Waals surface area contributed by atoms with Gasteiger partial charge in [-0.2, -0.15) is 0 Å². The van der Waals surface area contributed by atoms with Crippen LogP contribution in [0, 0.1) is 0 Å². The van der Waals surface area contributed by atoms with Gasteiger partial charge in [0.05, 0.1) is 45.6 Å². The Hall–Kier alpha value is -3.41. The van der Waals surface area contributed by atoms with Crippen molar-refractivity contribution >= 4 is 31.0 Å². The number of rotatable bonds is 0. The second kappa shape index (κ2) is 6.84. The summed E-state index contributed by atoms with van der Waals surface area (Å²) in [5.74, 6) is 0. The first kappa shape index (κ1) is 16.1. The molecule has 26 heavy (non-hydrogen) atoms. The molecule has 0 fully saturated rings. The second-order valence-corrected chi connectivity index (χ2v) is 5.76. The van der Waals surface area contributed by atoms with E-state index in [0.29, 0.717) is 0 Å². The normalized spacial score (nSPS) is 21.1. The molecule has 0 aromatic carbocycles. The first-order valence-corrected chi connectivity index (χ1v) is 7.96. The zero-order valence-corrected chi connectivity index (χ0v) is 13.7. The molecule has 0 spiro atoms. The van der Waals surface area contributed by atoms with Crippen molar-refractivity contribution in [3.8, 4) is 0 Å². The van der Waals surface area contributed by atoms with E-state index >= 15 is 0 Å². The van der Waals surface area contributed by atoms with Crippen LogP contribution >= 0.6 is 0 Å². The first-order chi connectivity index (χ1) is 12.8. The van der Waals surface area contributed by atoms with Crippen molar-refractivity contribution in [2.75, 3.05) is 0 Å². The summed E-state index contributed by atoms with van der Waals surface area (Å²) in [6.45, 7) is 0. The molecule has 0 unspecified atom stereocenters. The average molecular weight is 338 g/mol. The van der Waals surface area contributed by atoms with Crippen molar-refractivity contribution < 1.29 is 4.32 Å². The van der Waals surface area contributed by atoms with E-state index in [9.17, 15) is 0 Å². The molecular formula is C20H12BFN4. The molecule has 5 rings (SSSR count). The second-order valence-electron chi connectivity index (χ2n) is 5.76. The Balaban J connectivity index is 0.000000814. The van der Waals surface area contributed by atoms with Gasteiger partial charge in [-0.25, -0.2) is 20.0 Å². The molecule has 2 radical (unpaired) electrons. The highest BCUT2D eigenvalue weighted by molar-refractivity contribution is 6.14. The van der Waals surface area contributed by atoms with Gasteiger partial charge in [-0.1, -0.05) is 0 Å². The summed E-state index contributed by atoms with van der Waals surface area (Å²) in [7, 11) is 3.00. The van der Waals surface area contributed by atoms with Gasteiger partial charge < -0.3 is 4.32 Å². The Morgan fingerprint density at radius 2 is 0.654 bits per heavy atom. The molecule has 0 N–H and O–H groups in total. The van der Waals surface area contributed by atoms with Gasteiger partial charge >= 0.3 is 8.12 Å². The molecule has 0 atom stereocenters. The molecule has 4 nitrogen and oxygen atoms in total. The summed E-state index contributed by atoms with van der Waals surface area (Å²) in [5.41, 5.74) is 7.15. The number of hydrogen-bond acceptors (Lipinski definition) is 4. The van der Waals surface area contributed by atoms with E-state index in [2.05, 4.69) is 28.1 Å². The number of aliphatic imine (C=N–C) groups is 4. The van der Waals surface area contributed by atoms with Gasteiger partial charge in [0.15, 0.2) is 0 Å². The number of hydrogen-bond donors (Lipinski definition) is 0. The minimum Gasteiger partial charge on any atom is -0.350 e. The minimum atomic E-state index is 0.894. The molecule has 5 heterocycles. The SMILES string of the molecule is C1=CC2=NC1=CC1=NC(=CC3=NC(=CC4=NC(=C2)C=C4)C=C3)C=C1.[B]F. The van der Waals surface area contributed by atoms with Crippen LogP contribution in [0.25, 0.3) is 0 Å². The van der Waals surface area contributed by atoms with Gasteiger partial charge in [-0.3, -0.25) is 0 Å². The predicted octanol–water partition coefficient (Wildman–Crippen LogP) is 3.62. The van der Waals surface area contributed by atoms with Gasteiger partial charge in [0.2, 0.25) is 0 Å². The third-order valence-corrected chi connectivity index (χ3v) is 3.92. The molecule has 122 valence electrons. The van der Waals surface area contributed by atoms with Crippen LogP contribution in [0.5, 0.6) is 0 Å². The summed E-state index contributed by atoms with van der Waals surface area (Å²) in [6, 6.07) is 0. The highest BCUT2D eigenvalue weighted by Crippen LogP contribution is 2.20. The zero-order valence-electron chi connectivity index (χ0n) is 13.7. The van der Waals surface area contributed by atoms with Crippen molar-refractivity contribution in [2.24, 2.45) is 20.0 Å². The van der Waals surface area contributed by atoms with Crippen molar-refractivity contribution in [1.82, 2.24) is 0 Å². The quantitative estimate of drug-likeness (QED) is 0.606. The molecule has 5 aliphatic heterocycles. The van der Waals surface area contributed by atoms with E-state index in [4.69, 9.17) is 4.32 Å². The van der Waals surface area contributed by atoms with E-state index in [1.54, 1.807) is 0 Å². The lowest BCUT2D eigenvalue weighted by molar-refractivity contribution is 0.902. The smallest absolute Gasteiger partial charge is 0.350 e. The van der Waals surface area contributed by atoms with E-state index in [0.717, 1.165) is 45.6 Å². The Morgan fingerprint density at radius 1 is 0.423 bits per heavy atom. The molecule has 0 saturated carbocycles. The largest absolute Gasteiger partial charge is 0.350 e. The monoisotopic (exact) mass is 338 g/mol. The van der Waals surface area contributed by atoms with E-state index < -0.39 is 0 Å². The molecular weight excluding hydrogens is 326 g/mol. The Labute approximate surface area is 151 Å². The summed E-state index contributed by atoms with van der Waals surface area (Å²) in [6.07, 6.45) is 23.8. The number of fused-ring (bicyclic) bond motifs is 4. The molecule has 0 saturated heterocycles. The van der Waals surface area contributed by atoms with Gasteiger partial charge in [0.1, 0.15) is 0 Å². The Morgan fingerprint density at radius 3 is 0.885 bits per heavy atom. The van der Waals surface area contributed by atoms with Crippen molar-refractivity contribution in [3.63, 3.8) is 0 Å². The number of nitrogens with zero attached hydrogens (tertiary/aromatic N) is 4. The fraction of sp³-hybridized carbons (Fsp3) is 0. The van der Waals surface area contributed by atoms with Crippen LogP contribution in [0.1, 0.15) is 0 Å².